The Labute approximate surface area is 348 Å². The number of carbonyl (C=O) groups is 2. The van der Waals surface area contributed by atoms with Gasteiger partial charge in [0.05, 0.1) is 6.20 Å². The molecule has 0 N–H and O–H groups in total. The van der Waals surface area contributed by atoms with Gasteiger partial charge in [-0.3, -0.25) is 4.90 Å². The van der Waals surface area contributed by atoms with Gasteiger partial charge in [-0.25, -0.2) is 19.6 Å². The normalized spacial score (nSPS) is 20.1. The molecule has 1 saturated carbocycles. The molecule has 5 heterocycles. The summed E-state index contributed by atoms with van der Waals surface area (Å²) < 4.78 is 26.3. The van der Waals surface area contributed by atoms with E-state index in [9.17, 15) is 9.59 Å². The molecule has 320 valence electrons. The predicted octanol–water partition coefficient (Wildman–Crippen LogP) is 9.77. The van der Waals surface area contributed by atoms with Crippen LogP contribution in [-0.2, 0) is 18.9 Å². The highest BCUT2D eigenvalue weighted by molar-refractivity contribution is 6.76. The van der Waals surface area contributed by atoms with Crippen molar-refractivity contribution in [2.45, 2.75) is 167 Å². The Morgan fingerprint density at radius 2 is 1.40 bits per heavy atom. The smallest absolute Gasteiger partial charge is 0.416 e. The lowest BCUT2D eigenvalue weighted by Crippen LogP contribution is -2.48. The fraction of sp³-hybridized carbons (Fsp3) is 0.698. The number of hydrogen-bond acceptors (Lipinski definition) is 10. The number of ether oxygens (including phenoxy) is 4. The van der Waals surface area contributed by atoms with Gasteiger partial charge in [0.15, 0.2) is 5.65 Å². The van der Waals surface area contributed by atoms with Crippen molar-refractivity contribution >= 4 is 45.6 Å². The van der Waals surface area contributed by atoms with Crippen molar-refractivity contribution in [2.24, 2.45) is 0 Å². The molecule has 1 aliphatic carbocycles. The number of fused-ring (bicyclic) bond motifs is 3. The van der Waals surface area contributed by atoms with E-state index in [1.165, 1.54) is 0 Å². The van der Waals surface area contributed by atoms with E-state index in [0.717, 1.165) is 73.3 Å². The zero-order valence-corrected chi connectivity index (χ0v) is 39.3. The topological polar surface area (TPSA) is 124 Å². The van der Waals surface area contributed by atoms with Gasteiger partial charge in [0.25, 0.3) is 0 Å². The SMILES string of the molecule is CC(C)(C)OC(=O)N(c1ccc(-c2cnn3c(N(COCC[Si](C)(C)C)COCC[Si](C)(C)C)cc(C4C[C@H]5CC[C@@H](C4)N5C(=O)OC(C)(C)C)nc23)cn1)C1CC1. The molecule has 0 spiro atoms. The quantitative estimate of drug-likeness (QED) is 0.0831. The summed E-state index contributed by atoms with van der Waals surface area (Å²) in [6.45, 7) is 27.6. The average molecular weight is 836 g/mol. The summed E-state index contributed by atoms with van der Waals surface area (Å²) in [6.07, 6.45) is 8.41. The Morgan fingerprint density at radius 3 is 1.90 bits per heavy atom. The number of nitrogens with zero attached hydrogens (tertiary/aromatic N) is 7. The molecular weight excluding hydrogens is 767 g/mol. The van der Waals surface area contributed by atoms with Crippen LogP contribution in [0.5, 0.6) is 0 Å². The third-order valence-corrected chi connectivity index (χ3v) is 14.3. The van der Waals surface area contributed by atoms with Crippen molar-refractivity contribution in [1.82, 2.24) is 24.5 Å². The van der Waals surface area contributed by atoms with Crippen LogP contribution in [0.4, 0.5) is 21.2 Å². The molecule has 0 aromatic carbocycles. The molecule has 13 nitrogen and oxygen atoms in total. The van der Waals surface area contributed by atoms with Crippen LogP contribution >= 0.6 is 0 Å². The number of hydrogen-bond donors (Lipinski definition) is 0. The molecule has 6 rings (SSSR count). The first kappa shape index (κ1) is 44.0. The summed E-state index contributed by atoms with van der Waals surface area (Å²) in [5.74, 6) is 1.55. The fourth-order valence-electron chi connectivity index (χ4n) is 7.67. The molecule has 2 bridgehead atoms. The van der Waals surface area contributed by atoms with Gasteiger partial charge in [0.2, 0.25) is 0 Å². The Bertz CT molecular complexity index is 1860. The van der Waals surface area contributed by atoms with Crippen LogP contribution in [0.15, 0.2) is 30.6 Å². The van der Waals surface area contributed by atoms with E-state index in [-0.39, 0.29) is 36.2 Å². The number of rotatable bonds is 15. The summed E-state index contributed by atoms with van der Waals surface area (Å²) in [5.41, 5.74) is 2.20. The Kier molecular flexibility index (Phi) is 13.1. The van der Waals surface area contributed by atoms with Gasteiger partial charge < -0.3 is 28.7 Å². The van der Waals surface area contributed by atoms with Gasteiger partial charge in [0.1, 0.15) is 36.3 Å². The van der Waals surface area contributed by atoms with Crippen LogP contribution in [0.3, 0.4) is 0 Å². The van der Waals surface area contributed by atoms with Crippen molar-refractivity contribution in [3.63, 3.8) is 0 Å². The average Bonchev–Trinajstić information content (AvgIpc) is 3.77. The summed E-state index contributed by atoms with van der Waals surface area (Å²) >= 11 is 0. The van der Waals surface area contributed by atoms with Crippen LogP contribution < -0.4 is 9.80 Å². The van der Waals surface area contributed by atoms with E-state index in [0.29, 0.717) is 38.1 Å². The molecule has 1 unspecified atom stereocenters. The summed E-state index contributed by atoms with van der Waals surface area (Å²) in [4.78, 5) is 42.7. The van der Waals surface area contributed by atoms with E-state index < -0.39 is 27.3 Å². The second-order valence-corrected chi connectivity index (χ2v) is 32.2. The van der Waals surface area contributed by atoms with Crippen molar-refractivity contribution in [2.75, 3.05) is 36.5 Å². The van der Waals surface area contributed by atoms with Gasteiger partial charge in [-0.1, -0.05) is 39.3 Å². The van der Waals surface area contributed by atoms with Crippen LogP contribution in [0, 0.1) is 0 Å². The molecule has 15 heteroatoms. The Hall–Kier alpha value is -3.54. The molecule has 58 heavy (non-hydrogen) atoms. The lowest BCUT2D eigenvalue weighted by molar-refractivity contribution is 0.00566. The zero-order chi connectivity index (χ0) is 42.2. The first-order valence-corrected chi connectivity index (χ1v) is 28.8. The Morgan fingerprint density at radius 1 is 0.810 bits per heavy atom. The van der Waals surface area contributed by atoms with Gasteiger partial charge in [-0.2, -0.15) is 9.61 Å². The molecule has 3 atom stereocenters. The molecule has 0 radical (unpaired) electrons. The molecular formula is C43H69N7O6Si2. The first-order chi connectivity index (χ1) is 27.1. The lowest BCUT2D eigenvalue weighted by Gasteiger charge is -2.39. The minimum absolute atomic E-state index is 0.0842. The third-order valence-electron chi connectivity index (χ3n) is 10.8. The zero-order valence-electron chi connectivity index (χ0n) is 37.3. The maximum Gasteiger partial charge on any atom is 0.416 e. The molecule has 3 aromatic rings. The monoisotopic (exact) mass is 835 g/mol. The summed E-state index contributed by atoms with van der Waals surface area (Å²) in [7, 11) is -2.61. The number of piperidine rings is 1. The third kappa shape index (κ3) is 11.6. The second kappa shape index (κ2) is 17.2. The van der Waals surface area contributed by atoms with Crippen molar-refractivity contribution < 1.29 is 28.5 Å². The van der Waals surface area contributed by atoms with E-state index >= 15 is 0 Å². The first-order valence-electron chi connectivity index (χ1n) is 21.3. The lowest BCUT2D eigenvalue weighted by atomic mass is 9.88. The Balaban J connectivity index is 1.36. The number of pyridine rings is 1. The van der Waals surface area contributed by atoms with E-state index in [1.54, 1.807) is 11.1 Å². The van der Waals surface area contributed by atoms with Crippen LogP contribution in [-0.4, -0.2) is 109 Å². The van der Waals surface area contributed by atoms with Crippen molar-refractivity contribution in [3.8, 4) is 11.1 Å². The van der Waals surface area contributed by atoms with Gasteiger partial charge >= 0.3 is 12.2 Å². The van der Waals surface area contributed by atoms with Gasteiger partial charge in [0, 0.05) is 82.5 Å². The van der Waals surface area contributed by atoms with Gasteiger partial charge in [-0.15, -0.1) is 0 Å². The molecule has 2 amide bonds. The van der Waals surface area contributed by atoms with E-state index in [4.69, 9.17) is 34.0 Å². The minimum Gasteiger partial charge on any atom is -0.444 e. The van der Waals surface area contributed by atoms with Crippen molar-refractivity contribution in [3.05, 3.63) is 36.3 Å². The molecule has 3 aromatic heterocycles. The molecule has 3 fully saturated rings. The van der Waals surface area contributed by atoms with E-state index in [1.807, 2.05) is 69.3 Å². The molecule has 2 aliphatic heterocycles. The standard InChI is InChI=1S/C43H69N7O6Si2/c1-42(2,3)55-40(51)48-33-16-17-34(48)24-31(23-33)36-25-38(47(28-53-19-21-57(7,8)9)29-54-20-22-58(10,11)12)50-39(46-36)35(27-45-50)30-13-18-37(44-26-30)49(32-14-15-32)41(52)56-43(4,5)6/h13,18,25-27,31-34H,14-17,19-24,28-29H2,1-12H3/t31?,33-,34+. The largest absolute Gasteiger partial charge is 0.444 e. The highest BCUT2D eigenvalue weighted by Gasteiger charge is 2.46. The maximum absolute atomic E-state index is 13.4. The number of carbonyl (C=O) groups excluding carboxylic acids is 2. The minimum atomic E-state index is -1.31. The number of aromatic nitrogens is 4. The van der Waals surface area contributed by atoms with Gasteiger partial charge in [-0.05, 0) is 104 Å². The summed E-state index contributed by atoms with van der Waals surface area (Å²) in [5, 5.41) is 4.95. The highest BCUT2D eigenvalue weighted by atomic mass is 28.3. The highest BCUT2D eigenvalue weighted by Crippen LogP contribution is 2.44. The van der Waals surface area contributed by atoms with Crippen LogP contribution in [0.25, 0.3) is 16.8 Å². The van der Waals surface area contributed by atoms with Crippen LogP contribution in [0.1, 0.15) is 91.7 Å². The summed E-state index contributed by atoms with van der Waals surface area (Å²) in [6, 6.07) is 8.43. The number of anilines is 2. The van der Waals surface area contributed by atoms with Crippen LogP contribution in [0.2, 0.25) is 51.4 Å². The molecule has 3 aliphatic rings. The van der Waals surface area contributed by atoms with Crippen molar-refractivity contribution in [1.29, 1.82) is 0 Å². The predicted molar refractivity (Wildman–Crippen MR) is 235 cm³/mol. The second-order valence-electron chi connectivity index (χ2n) is 21.0. The van der Waals surface area contributed by atoms with E-state index in [2.05, 4.69) is 50.2 Å². The fourth-order valence-corrected chi connectivity index (χ4v) is 9.19. The molecule has 2 saturated heterocycles. The maximum atomic E-state index is 13.4. The number of amides is 2.